The molecule has 0 saturated heterocycles. The summed E-state index contributed by atoms with van der Waals surface area (Å²) in [5, 5.41) is 47.6. The maximum absolute atomic E-state index is 12.1. The molecular formula is C15H10CoO7. The molecule has 1 aromatic heterocycles. The number of hydrogen-bond acceptors (Lipinski definition) is 7. The quantitative estimate of drug-likeness (QED) is 0.419. The first kappa shape index (κ1) is 16.5. The van der Waals surface area contributed by atoms with E-state index in [1.54, 1.807) is 0 Å². The molecule has 1 heterocycles. The van der Waals surface area contributed by atoms with Crippen molar-refractivity contribution in [2.24, 2.45) is 0 Å². The Hall–Kier alpha value is -2.84. The zero-order chi connectivity index (χ0) is 16.0. The van der Waals surface area contributed by atoms with E-state index in [1.165, 1.54) is 6.07 Å². The summed E-state index contributed by atoms with van der Waals surface area (Å²) in [6.45, 7) is 0. The van der Waals surface area contributed by atoms with E-state index < -0.39 is 22.7 Å². The van der Waals surface area contributed by atoms with Crippen molar-refractivity contribution in [2.45, 2.75) is 0 Å². The van der Waals surface area contributed by atoms with E-state index in [9.17, 15) is 30.3 Å². The average Bonchev–Trinajstić information content (AvgIpc) is 2.45. The van der Waals surface area contributed by atoms with Crippen LogP contribution in [0.25, 0.3) is 22.3 Å². The van der Waals surface area contributed by atoms with Crippen LogP contribution in [0.15, 0.2) is 39.5 Å². The van der Waals surface area contributed by atoms with Gasteiger partial charge in [0.25, 0.3) is 0 Å². The summed E-state index contributed by atoms with van der Waals surface area (Å²) in [5.74, 6) is -2.71. The number of rotatable bonds is 1. The molecule has 121 valence electrons. The zero-order valence-corrected chi connectivity index (χ0v) is 12.3. The molecular weight excluding hydrogens is 351 g/mol. The number of aromatic hydroxyl groups is 5. The minimum absolute atomic E-state index is 0. The number of hydrogen-bond donors (Lipinski definition) is 5. The summed E-state index contributed by atoms with van der Waals surface area (Å²) >= 11 is 0. The Morgan fingerprint density at radius 2 is 1.52 bits per heavy atom. The van der Waals surface area contributed by atoms with Gasteiger partial charge in [-0.15, -0.1) is 0 Å². The number of benzene rings is 2. The van der Waals surface area contributed by atoms with Crippen LogP contribution in [0.5, 0.6) is 28.7 Å². The van der Waals surface area contributed by atoms with Gasteiger partial charge >= 0.3 is 0 Å². The van der Waals surface area contributed by atoms with Crippen LogP contribution in [0.1, 0.15) is 0 Å². The van der Waals surface area contributed by atoms with E-state index >= 15 is 0 Å². The maximum atomic E-state index is 12.1. The van der Waals surface area contributed by atoms with Gasteiger partial charge in [-0.25, -0.2) is 0 Å². The molecule has 0 aliphatic rings. The molecule has 0 unspecified atom stereocenters. The van der Waals surface area contributed by atoms with Gasteiger partial charge < -0.3 is 29.9 Å². The third kappa shape index (κ3) is 2.65. The van der Waals surface area contributed by atoms with Crippen LogP contribution in [-0.2, 0) is 16.8 Å². The molecule has 0 spiro atoms. The van der Waals surface area contributed by atoms with Crippen molar-refractivity contribution in [3.63, 3.8) is 0 Å². The van der Waals surface area contributed by atoms with Gasteiger partial charge in [-0.1, -0.05) is 0 Å². The molecule has 5 N–H and O–H groups in total. The summed E-state index contributed by atoms with van der Waals surface area (Å²) in [5.41, 5.74) is -0.890. The van der Waals surface area contributed by atoms with Crippen LogP contribution in [0.2, 0.25) is 0 Å². The Balaban J connectivity index is 0.00000192. The molecule has 0 atom stereocenters. The van der Waals surface area contributed by atoms with Gasteiger partial charge in [0.1, 0.15) is 22.5 Å². The summed E-state index contributed by atoms with van der Waals surface area (Å²) in [6, 6.07) is 5.64. The fraction of sp³-hybridized carbons (Fsp3) is 0. The SMILES string of the molecule is O=c1c(O)c(-c2ccc(O)c(O)c2)oc2cc(O)cc(O)c12.[Co]. The molecule has 3 aromatic rings. The van der Waals surface area contributed by atoms with Gasteiger partial charge in [0.05, 0.1) is 0 Å². The van der Waals surface area contributed by atoms with Gasteiger partial charge in [0, 0.05) is 34.5 Å². The first-order chi connectivity index (χ1) is 10.4. The van der Waals surface area contributed by atoms with Crippen molar-refractivity contribution in [3.05, 3.63) is 40.6 Å². The third-order valence-electron chi connectivity index (χ3n) is 3.17. The molecule has 0 saturated carbocycles. The van der Waals surface area contributed by atoms with Gasteiger partial charge in [0.15, 0.2) is 17.3 Å². The molecule has 0 fully saturated rings. The molecule has 0 bridgehead atoms. The average molecular weight is 361 g/mol. The minimum atomic E-state index is -0.888. The molecule has 3 rings (SSSR count). The van der Waals surface area contributed by atoms with E-state index in [0.717, 1.165) is 24.3 Å². The number of phenolic OH excluding ortho intramolecular Hbond substituents is 4. The normalized spacial score (nSPS) is 10.4. The van der Waals surface area contributed by atoms with Crippen molar-refractivity contribution < 1.29 is 46.7 Å². The van der Waals surface area contributed by atoms with Crippen molar-refractivity contribution in [1.29, 1.82) is 0 Å². The second kappa shape index (κ2) is 5.74. The van der Waals surface area contributed by atoms with Crippen molar-refractivity contribution in [2.75, 3.05) is 0 Å². The van der Waals surface area contributed by atoms with Crippen molar-refractivity contribution in [3.8, 4) is 40.1 Å². The molecule has 0 aliphatic heterocycles. The number of fused-ring (bicyclic) bond motifs is 1. The van der Waals surface area contributed by atoms with Gasteiger partial charge in [-0.2, -0.15) is 0 Å². The summed E-state index contributed by atoms with van der Waals surface area (Å²) in [4.78, 5) is 12.1. The predicted molar refractivity (Wildman–Crippen MR) is 76.2 cm³/mol. The fourth-order valence-corrected chi connectivity index (χ4v) is 2.14. The molecule has 0 aliphatic carbocycles. The van der Waals surface area contributed by atoms with E-state index in [2.05, 4.69) is 0 Å². The molecule has 8 heteroatoms. The van der Waals surface area contributed by atoms with E-state index in [4.69, 9.17) is 4.42 Å². The van der Waals surface area contributed by atoms with Gasteiger partial charge in [-0.3, -0.25) is 4.79 Å². The summed E-state index contributed by atoms with van der Waals surface area (Å²) < 4.78 is 5.35. The second-order valence-corrected chi connectivity index (χ2v) is 4.65. The Bertz CT molecular complexity index is 962. The van der Waals surface area contributed by atoms with E-state index in [0.29, 0.717) is 0 Å². The van der Waals surface area contributed by atoms with E-state index in [-0.39, 0.29) is 50.6 Å². The topological polar surface area (TPSA) is 131 Å². The first-order valence-corrected chi connectivity index (χ1v) is 6.12. The smallest absolute Gasteiger partial charge is 0.238 e. The van der Waals surface area contributed by atoms with Crippen LogP contribution in [0.3, 0.4) is 0 Å². The van der Waals surface area contributed by atoms with Crippen LogP contribution >= 0.6 is 0 Å². The summed E-state index contributed by atoms with van der Waals surface area (Å²) in [6.07, 6.45) is 0. The van der Waals surface area contributed by atoms with Crippen molar-refractivity contribution in [1.82, 2.24) is 0 Å². The maximum Gasteiger partial charge on any atom is 0.238 e. The third-order valence-corrected chi connectivity index (χ3v) is 3.17. The Labute approximate surface area is 138 Å². The van der Waals surface area contributed by atoms with Crippen LogP contribution in [0.4, 0.5) is 0 Å². The molecule has 2 aromatic carbocycles. The largest absolute Gasteiger partial charge is 0.508 e. The zero-order valence-electron chi connectivity index (χ0n) is 11.3. The minimum Gasteiger partial charge on any atom is -0.508 e. The summed E-state index contributed by atoms with van der Waals surface area (Å²) in [7, 11) is 0. The standard InChI is InChI=1S/C15H10O7.Co/c16-7-4-10(19)12-11(5-7)22-15(14(21)13(12)20)6-1-2-8(17)9(18)3-6;/h1-5,16-19,21H;. The van der Waals surface area contributed by atoms with Crippen molar-refractivity contribution >= 4 is 11.0 Å². The van der Waals surface area contributed by atoms with E-state index in [1.807, 2.05) is 0 Å². The monoisotopic (exact) mass is 361 g/mol. The Morgan fingerprint density at radius 1 is 0.826 bits per heavy atom. The van der Waals surface area contributed by atoms with Crippen LogP contribution < -0.4 is 5.43 Å². The Morgan fingerprint density at radius 3 is 2.17 bits per heavy atom. The molecule has 1 radical (unpaired) electrons. The first-order valence-electron chi connectivity index (χ1n) is 6.12. The van der Waals surface area contributed by atoms with Crippen LogP contribution in [-0.4, -0.2) is 25.5 Å². The Kier molecular flexibility index (Phi) is 4.13. The van der Waals surface area contributed by atoms with Gasteiger partial charge in [-0.05, 0) is 18.2 Å². The van der Waals surface area contributed by atoms with Gasteiger partial charge in [0.2, 0.25) is 11.2 Å². The molecule has 23 heavy (non-hydrogen) atoms. The predicted octanol–water partition coefficient (Wildman–Crippen LogP) is 1.99. The number of phenols is 4. The van der Waals surface area contributed by atoms with Crippen LogP contribution in [0, 0.1) is 0 Å². The fourth-order valence-electron chi connectivity index (χ4n) is 2.14. The molecule has 7 nitrogen and oxygen atoms in total. The second-order valence-electron chi connectivity index (χ2n) is 4.65. The molecule has 0 amide bonds.